The molecule has 1 aromatic carbocycles. The van der Waals surface area contributed by atoms with E-state index in [0.717, 1.165) is 31.2 Å². The highest BCUT2D eigenvalue weighted by Crippen LogP contribution is 2.22. The summed E-state index contributed by atoms with van der Waals surface area (Å²) >= 11 is 4.25. The Kier molecular flexibility index (Phi) is 8.05. The highest BCUT2D eigenvalue weighted by molar-refractivity contribution is 7.80. The maximum Gasteiger partial charge on any atom is 0.123 e. The van der Waals surface area contributed by atoms with Crippen molar-refractivity contribution in [1.82, 2.24) is 4.90 Å². The first-order chi connectivity index (χ1) is 10.4. The first-order valence-corrected chi connectivity index (χ1v) is 9.07. The second-order valence-corrected chi connectivity index (χ2v) is 6.38. The van der Waals surface area contributed by atoms with Crippen LogP contribution in [0.2, 0.25) is 0 Å². The molecule has 0 saturated carbocycles. The number of unbranched alkanes of at least 4 members (excludes halogenated alkanes) is 6. The van der Waals surface area contributed by atoms with E-state index in [2.05, 4.69) is 41.8 Å². The van der Waals surface area contributed by atoms with Crippen LogP contribution in [0.4, 0.5) is 0 Å². The van der Waals surface area contributed by atoms with Crippen molar-refractivity contribution in [2.45, 2.75) is 51.5 Å². The second kappa shape index (κ2) is 10.1. The van der Waals surface area contributed by atoms with E-state index in [-0.39, 0.29) is 0 Å². The average Bonchev–Trinajstić information content (AvgIpc) is 2.71. The zero-order valence-corrected chi connectivity index (χ0v) is 14.0. The van der Waals surface area contributed by atoms with Gasteiger partial charge in [0.1, 0.15) is 12.4 Å². The molecule has 2 nitrogen and oxygen atoms in total. The summed E-state index contributed by atoms with van der Waals surface area (Å²) in [5.41, 5.74) is 1.33. The molecule has 118 valence electrons. The Hall–Kier alpha value is -0.670. The monoisotopic (exact) mass is 307 g/mol. The lowest BCUT2D eigenvalue weighted by Gasteiger charge is -2.19. The molecule has 3 heteroatoms. The molecule has 0 fully saturated rings. The van der Waals surface area contributed by atoms with Crippen LogP contribution in [0.15, 0.2) is 24.3 Å². The summed E-state index contributed by atoms with van der Waals surface area (Å²) in [5, 5.41) is 0. The number of rotatable bonds is 9. The van der Waals surface area contributed by atoms with Crippen molar-refractivity contribution in [1.29, 1.82) is 0 Å². The lowest BCUT2D eigenvalue weighted by molar-refractivity contribution is 0.222. The Morgan fingerprint density at radius 3 is 2.48 bits per heavy atom. The molecule has 0 aromatic heterocycles. The Balaban J connectivity index is 1.59. The van der Waals surface area contributed by atoms with Gasteiger partial charge in [-0.25, -0.2) is 0 Å². The van der Waals surface area contributed by atoms with Crippen molar-refractivity contribution in [3.05, 3.63) is 29.8 Å². The van der Waals surface area contributed by atoms with Crippen LogP contribution in [0.1, 0.15) is 50.5 Å². The number of ether oxygens (including phenoxy) is 1. The van der Waals surface area contributed by atoms with Crippen LogP contribution in [-0.4, -0.2) is 30.3 Å². The minimum absolute atomic E-state index is 0.820. The van der Waals surface area contributed by atoms with Crippen LogP contribution in [0.3, 0.4) is 0 Å². The van der Waals surface area contributed by atoms with Crippen molar-refractivity contribution >= 4 is 12.6 Å². The summed E-state index contributed by atoms with van der Waals surface area (Å²) in [7, 11) is 0. The minimum atomic E-state index is 0.820. The van der Waals surface area contributed by atoms with E-state index in [4.69, 9.17) is 4.74 Å². The van der Waals surface area contributed by atoms with Crippen LogP contribution in [0.5, 0.6) is 5.75 Å². The molecule has 1 aliphatic heterocycles. The summed E-state index contributed by atoms with van der Waals surface area (Å²) < 4.78 is 5.81. The normalized spacial score (nSPS) is 15.3. The van der Waals surface area contributed by atoms with Gasteiger partial charge in [-0.1, -0.05) is 50.3 Å². The molecular formula is C18H29NOS. The first-order valence-electron chi connectivity index (χ1n) is 8.44. The highest BCUT2D eigenvalue weighted by Gasteiger charge is 2.13. The molecule has 0 aliphatic carbocycles. The van der Waals surface area contributed by atoms with Crippen LogP contribution in [-0.2, 0) is 6.54 Å². The molecule has 0 unspecified atom stereocenters. The summed E-state index contributed by atoms with van der Waals surface area (Å²) in [5.74, 6) is 2.11. The maximum atomic E-state index is 5.81. The predicted octanol–water partition coefficient (Wildman–Crippen LogP) is 4.54. The van der Waals surface area contributed by atoms with Crippen LogP contribution in [0, 0.1) is 0 Å². The molecule has 0 saturated heterocycles. The summed E-state index contributed by atoms with van der Waals surface area (Å²) in [6.07, 6.45) is 9.45. The molecule has 21 heavy (non-hydrogen) atoms. The van der Waals surface area contributed by atoms with Gasteiger partial charge >= 0.3 is 0 Å². The third-order valence-corrected chi connectivity index (χ3v) is 4.48. The standard InChI is InChI=1S/C18H29NOS/c21-15-9-5-3-1-2-4-8-12-19-13-14-20-18-11-7-6-10-17(18)16-19/h6-7,10-11,21H,1-5,8-9,12-16H2. The van der Waals surface area contributed by atoms with Gasteiger partial charge in [0.25, 0.3) is 0 Å². The highest BCUT2D eigenvalue weighted by atomic mass is 32.1. The van der Waals surface area contributed by atoms with Crippen molar-refractivity contribution in [3.8, 4) is 5.75 Å². The molecule has 0 spiro atoms. The van der Waals surface area contributed by atoms with E-state index in [9.17, 15) is 0 Å². The fourth-order valence-corrected chi connectivity index (χ4v) is 3.13. The molecule has 0 radical (unpaired) electrons. The number of nitrogens with zero attached hydrogens (tertiary/aromatic N) is 1. The van der Waals surface area contributed by atoms with Crippen molar-refractivity contribution < 1.29 is 4.74 Å². The average molecular weight is 308 g/mol. The summed E-state index contributed by atoms with van der Waals surface area (Å²) in [4.78, 5) is 2.53. The molecule has 0 N–H and O–H groups in total. The van der Waals surface area contributed by atoms with Gasteiger partial charge in [-0.05, 0) is 31.2 Å². The zero-order chi connectivity index (χ0) is 14.8. The van der Waals surface area contributed by atoms with Gasteiger partial charge in [-0.3, -0.25) is 4.90 Å². The van der Waals surface area contributed by atoms with Gasteiger partial charge in [0.05, 0.1) is 0 Å². The number of hydrogen-bond donors (Lipinski definition) is 1. The molecular weight excluding hydrogens is 278 g/mol. The Bertz CT molecular complexity index is 397. The van der Waals surface area contributed by atoms with Crippen LogP contribution >= 0.6 is 12.6 Å². The second-order valence-electron chi connectivity index (χ2n) is 5.93. The number of para-hydroxylation sites is 1. The van der Waals surface area contributed by atoms with Crippen molar-refractivity contribution in [3.63, 3.8) is 0 Å². The van der Waals surface area contributed by atoms with Crippen LogP contribution < -0.4 is 4.74 Å². The largest absolute Gasteiger partial charge is 0.492 e. The Morgan fingerprint density at radius 2 is 1.67 bits per heavy atom. The minimum Gasteiger partial charge on any atom is -0.492 e. The van der Waals surface area contributed by atoms with E-state index in [0.29, 0.717) is 0 Å². The van der Waals surface area contributed by atoms with Gasteiger partial charge in [-0.15, -0.1) is 0 Å². The molecule has 0 atom stereocenters. The zero-order valence-electron chi connectivity index (χ0n) is 13.1. The van der Waals surface area contributed by atoms with Gasteiger partial charge in [0, 0.05) is 18.7 Å². The molecule has 1 aromatic rings. The topological polar surface area (TPSA) is 12.5 Å². The van der Waals surface area contributed by atoms with Crippen LogP contribution in [0.25, 0.3) is 0 Å². The molecule has 2 rings (SSSR count). The fourth-order valence-electron chi connectivity index (χ4n) is 2.90. The third kappa shape index (κ3) is 6.31. The molecule has 1 heterocycles. The van der Waals surface area contributed by atoms with E-state index in [1.54, 1.807) is 0 Å². The maximum absolute atomic E-state index is 5.81. The lowest BCUT2D eigenvalue weighted by atomic mass is 10.1. The molecule has 0 amide bonds. The van der Waals surface area contributed by atoms with Crippen molar-refractivity contribution in [2.24, 2.45) is 0 Å². The smallest absolute Gasteiger partial charge is 0.123 e. The van der Waals surface area contributed by atoms with Gasteiger partial charge in [-0.2, -0.15) is 12.6 Å². The summed E-state index contributed by atoms with van der Waals surface area (Å²) in [6.45, 7) is 4.11. The number of fused-ring (bicyclic) bond motifs is 1. The molecule has 0 bridgehead atoms. The number of hydrogen-bond acceptors (Lipinski definition) is 3. The van der Waals surface area contributed by atoms with E-state index in [1.165, 1.54) is 57.1 Å². The third-order valence-electron chi connectivity index (χ3n) is 4.16. The lowest BCUT2D eigenvalue weighted by Crippen LogP contribution is -2.26. The van der Waals surface area contributed by atoms with Crippen molar-refractivity contribution in [2.75, 3.05) is 25.4 Å². The quantitative estimate of drug-likeness (QED) is 0.531. The number of benzene rings is 1. The first kappa shape index (κ1) is 16.7. The van der Waals surface area contributed by atoms with E-state index in [1.807, 2.05) is 0 Å². The SMILES string of the molecule is SCCCCCCCCCN1CCOc2ccccc2C1. The van der Waals surface area contributed by atoms with Gasteiger partial charge in [0.2, 0.25) is 0 Å². The van der Waals surface area contributed by atoms with E-state index >= 15 is 0 Å². The molecule has 1 aliphatic rings. The Morgan fingerprint density at radius 1 is 0.952 bits per heavy atom. The summed E-state index contributed by atoms with van der Waals surface area (Å²) in [6, 6.07) is 8.44. The Labute approximate surface area is 135 Å². The fraction of sp³-hybridized carbons (Fsp3) is 0.667. The van der Waals surface area contributed by atoms with E-state index < -0.39 is 0 Å². The van der Waals surface area contributed by atoms with Gasteiger partial charge < -0.3 is 4.74 Å². The van der Waals surface area contributed by atoms with Gasteiger partial charge in [0.15, 0.2) is 0 Å². The number of thiol groups is 1. The predicted molar refractivity (Wildman–Crippen MR) is 93.4 cm³/mol.